The molecule has 0 spiro atoms. The summed E-state index contributed by atoms with van der Waals surface area (Å²) in [6.45, 7) is 0.279. The topological polar surface area (TPSA) is 72.2 Å². The lowest BCUT2D eigenvalue weighted by Crippen LogP contribution is -2.27. The van der Waals surface area contributed by atoms with Crippen LogP contribution in [0.3, 0.4) is 0 Å². The third-order valence-corrected chi connectivity index (χ3v) is 6.81. The SMILES string of the molecule is Nc1cc(Br)cc(Br)c1S(=O)(=O)NCCc1ccc(Cl)s1. The van der Waals surface area contributed by atoms with E-state index >= 15 is 0 Å². The molecule has 21 heavy (non-hydrogen) atoms. The van der Waals surface area contributed by atoms with E-state index in [9.17, 15) is 8.42 Å². The molecule has 0 bridgehead atoms. The van der Waals surface area contributed by atoms with Crippen LogP contribution in [-0.4, -0.2) is 15.0 Å². The van der Waals surface area contributed by atoms with Crippen LogP contribution in [0.1, 0.15) is 4.88 Å². The first kappa shape index (κ1) is 17.2. The lowest BCUT2D eigenvalue weighted by atomic mass is 10.3. The Labute approximate surface area is 149 Å². The zero-order valence-corrected chi connectivity index (χ0v) is 16.1. The maximum Gasteiger partial charge on any atom is 0.243 e. The highest BCUT2D eigenvalue weighted by Crippen LogP contribution is 2.31. The smallest absolute Gasteiger partial charge is 0.243 e. The van der Waals surface area contributed by atoms with Crippen molar-refractivity contribution in [1.82, 2.24) is 4.72 Å². The minimum Gasteiger partial charge on any atom is -0.398 e. The van der Waals surface area contributed by atoms with E-state index in [4.69, 9.17) is 17.3 Å². The van der Waals surface area contributed by atoms with Gasteiger partial charge in [-0.2, -0.15) is 0 Å². The molecule has 3 N–H and O–H groups in total. The Morgan fingerprint density at radius 2 is 2.00 bits per heavy atom. The molecule has 0 amide bonds. The Hall–Kier alpha value is -0.120. The van der Waals surface area contributed by atoms with Gasteiger partial charge in [0, 0.05) is 20.4 Å². The zero-order valence-electron chi connectivity index (χ0n) is 10.6. The Kier molecular flexibility index (Phi) is 5.72. The van der Waals surface area contributed by atoms with Crippen molar-refractivity contribution >= 4 is 70.5 Å². The molecule has 0 aliphatic rings. The van der Waals surface area contributed by atoms with Crippen molar-refractivity contribution in [3.8, 4) is 0 Å². The molecule has 2 aromatic rings. The van der Waals surface area contributed by atoms with Crippen LogP contribution in [0, 0.1) is 0 Å². The van der Waals surface area contributed by atoms with Gasteiger partial charge in [0.2, 0.25) is 10.0 Å². The number of rotatable bonds is 5. The van der Waals surface area contributed by atoms with E-state index in [-0.39, 0.29) is 17.1 Å². The molecule has 9 heteroatoms. The number of anilines is 1. The van der Waals surface area contributed by atoms with Gasteiger partial charge in [-0.25, -0.2) is 13.1 Å². The number of halogens is 3. The first-order valence-corrected chi connectivity index (χ1v) is 10.0. The molecule has 114 valence electrons. The average molecular weight is 475 g/mol. The predicted molar refractivity (Wildman–Crippen MR) is 94.5 cm³/mol. The predicted octanol–water partition coefficient (Wildman–Crippen LogP) is 4.03. The van der Waals surface area contributed by atoms with E-state index in [1.165, 1.54) is 11.3 Å². The Balaban J connectivity index is 2.12. The summed E-state index contributed by atoms with van der Waals surface area (Å²) >= 11 is 13.8. The van der Waals surface area contributed by atoms with E-state index < -0.39 is 10.0 Å². The van der Waals surface area contributed by atoms with Crippen molar-refractivity contribution in [2.24, 2.45) is 0 Å². The molecule has 1 aromatic carbocycles. The molecule has 0 radical (unpaired) electrons. The van der Waals surface area contributed by atoms with Gasteiger partial charge in [-0.1, -0.05) is 27.5 Å². The molecule has 0 saturated carbocycles. The molecule has 0 fully saturated rings. The fraction of sp³-hybridized carbons (Fsp3) is 0.167. The van der Waals surface area contributed by atoms with Gasteiger partial charge in [0.15, 0.2) is 0 Å². The third-order valence-electron chi connectivity index (χ3n) is 2.60. The van der Waals surface area contributed by atoms with Crippen molar-refractivity contribution < 1.29 is 8.42 Å². The van der Waals surface area contributed by atoms with E-state index in [0.717, 1.165) is 4.88 Å². The third kappa shape index (κ3) is 4.43. The second-order valence-corrected chi connectivity index (χ2v) is 9.43. The number of nitrogen functional groups attached to an aromatic ring is 1. The second kappa shape index (κ2) is 6.97. The molecule has 0 saturated heterocycles. The highest BCUT2D eigenvalue weighted by molar-refractivity contribution is 9.11. The van der Waals surface area contributed by atoms with E-state index in [1.807, 2.05) is 6.07 Å². The highest BCUT2D eigenvalue weighted by Gasteiger charge is 2.21. The molecule has 0 aliphatic heterocycles. The lowest BCUT2D eigenvalue weighted by molar-refractivity contribution is 0.582. The number of nitrogens with one attached hydrogen (secondary N) is 1. The first-order valence-electron chi connectivity index (χ1n) is 5.78. The van der Waals surface area contributed by atoms with Crippen LogP contribution in [-0.2, 0) is 16.4 Å². The van der Waals surface area contributed by atoms with E-state index in [1.54, 1.807) is 18.2 Å². The summed E-state index contributed by atoms with van der Waals surface area (Å²) < 4.78 is 29.0. The van der Waals surface area contributed by atoms with Gasteiger partial charge >= 0.3 is 0 Å². The fourth-order valence-corrected chi connectivity index (χ4v) is 5.92. The minimum absolute atomic E-state index is 0.0508. The maximum atomic E-state index is 12.3. The van der Waals surface area contributed by atoms with Crippen LogP contribution in [0.5, 0.6) is 0 Å². The standard InChI is InChI=1S/C12H11Br2ClN2O2S2/c13-7-5-9(14)12(10(16)6-7)21(18,19)17-4-3-8-1-2-11(15)20-8/h1-2,5-6,17H,3-4,16H2. The van der Waals surface area contributed by atoms with Crippen molar-refractivity contribution in [3.05, 3.63) is 42.4 Å². The van der Waals surface area contributed by atoms with E-state index in [0.29, 0.717) is 19.7 Å². The van der Waals surface area contributed by atoms with Gasteiger partial charge in [-0.3, -0.25) is 0 Å². The largest absolute Gasteiger partial charge is 0.398 e. The fourth-order valence-electron chi connectivity index (χ4n) is 1.73. The molecule has 2 rings (SSSR count). The monoisotopic (exact) mass is 472 g/mol. The summed E-state index contributed by atoms with van der Waals surface area (Å²) in [4.78, 5) is 1.07. The summed E-state index contributed by atoms with van der Waals surface area (Å²) in [7, 11) is -3.67. The number of sulfonamides is 1. The van der Waals surface area contributed by atoms with Gasteiger partial charge in [0.05, 0.1) is 10.0 Å². The van der Waals surface area contributed by atoms with Crippen LogP contribution in [0.4, 0.5) is 5.69 Å². The van der Waals surface area contributed by atoms with Crippen LogP contribution < -0.4 is 10.5 Å². The molecular weight excluding hydrogens is 464 g/mol. The quantitative estimate of drug-likeness (QED) is 0.643. The highest BCUT2D eigenvalue weighted by atomic mass is 79.9. The molecule has 4 nitrogen and oxygen atoms in total. The second-order valence-electron chi connectivity index (χ2n) is 4.16. The number of nitrogens with two attached hydrogens (primary N) is 1. The first-order chi connectivity index (χ1) is 9.79. The van der Waals surface area contributed by atoms with Crippen molar-refractivity contribution in [2.45, 2.75) is 11.3 Å². The van der Waals surface area contributed by atoms with Crippen molar-refractivity contribution in [3.63, 3.8) is 0 Å². The van der Waals surface area contributed by atoms with Gasteiger partial charge in [-0.15, -0.1) is 11.3 Å². The van der Waals surface area contributed by atoms with Crippen LogP contribution in [0.2, 0.25) is 4.34 Å². The van der Waals surface area contributed by atoms with Crippen molar-refractivity contribution in [1.29, 1.82) is 0 Å². The van der Waals surface area contributed by atoms with Gasteiger partial charge in [-0.05, 0) is 46.6 Å². The summed E-state index contributed by atoms with van der Waals surface area (Å²) in [6.07, 6.45) is 0.574. The lowest BCUT2D eigenvalue weighted by Gasteiger charge is -2.11. The summed E-state index contributed by atoms with van der Waals surface area (Å²) in [5, 5.41) is 0. The Bertz CT molecular complexity index is 739. The average Bonchev–Trinajstić information content (AvgIpc) is 2.72. The van der Waals surface area contributed by atoms with Gasteiger partial charge in [0.1, 0.15) is 4.90 Å². The molecule has 0 atom stereocenters. The Morgan fingerprint density at radius 1 is 1.29 bits per heavy atom. The molecule has 0 aliphatic carbocycles. The van der Waals surface area contributed by atoms with Crippen LogP contribution in [0.25, 0.3) is 0 Å². The zero-order chi connectivity index (χ0) is 15.6. The van der Waals surface area contributed by atoms with Crippen LogP contribution >= 0.6 is 54.8 Å². The number of hydrogen-bond acceptors (Lipinski definition) is 4. The summed E-state index contributed by atoms with van der Waals surface area (Å²) in [5.74, 6) is 0. The number of hydrogen-bond donors (Lipinski definition) is 2. The van der Waals surface area contributed by atoms with Gasteiger partial charge in [0.25, 0.3) is 0 Å². The maximum absolute atomic E-state index is 12.3. The molecule has 1 aromatic heterocycles. The minimum atomic E-state index is -3.67. The van der Waals surface area contributed by atoms with E-state index in [2.05, 4.69) is 36.6 Å². The molecule has 1 heterocycles. The number of thiophene rings is 1. The molecular formula is C12H11Br2ClN2O2S2. The normalized spacial score (nSPS) is 11.8. The van der Waals surface area contributed by atoms with Crippen molar-refractivity contribution in [2.75, 3.05) is 12.3 Å². The van der Waals surface area contributed by atoms with Gasteiger partial charge < -0.3 is 5.73 Å². The Morgan fingerprint density at radius 3 is 2.57 bits per heavy atom. The number of benzene rings is 1. The van der Waals surface area contributed by atoms with Crippen LogP contribution in [0.15, 0.2) is 38.1 Å². The summed E-state index contributed by atoms with van der Waals surface area (Å²) in [5.41, 5.74) is 5.98. The summed E-state index contributed by atoms with van der Waals surface area (Å²) in [6, 6.07) is 6.87. The molecule has 0 unspecified atom stereocenters.